The molecule has 0 unspecified atom stereocenters. The highest BCUT2D eigenvalue weighted by molar-refractivity contribution is 7.93. The molecule has 4 nitrogen and oxygen atoms in total. The number of pyridine rings is 1. The minimum absolute atomic E-state index is 0.212. The van der Waals surface area contributed by atoms with Gasteiger partial charge in [0, 0.05) is 17.3 Å². The van der Waals surface area contributed by atoms with Gasteiger partial charge in [-0.15, -0.1) is 11.3 Å². The number of nitrogens with zero attached hydrogens (tertiary/aromatic N) is 1. The quantitative estimate of drug-likeness (QED) is 0.845. The fourth-order valence-electron chi connectivity index (χ4n) is 1.72. The second-order valence-electron chi connectivity index (χ2n) is 3.84. The molecule has 0 spiro atoms. The summed E-state index contributed by atoms with van der Waals surface area (Å²) in [7, 11) is -3.27. The van der Waals surface area contributed by atoms with Gasteiger partial charge in [0.25, 0.3) is 0 Å². The lowest BCUT2D eigenvalue weighted by Gasteiger charge is -1.99. The third-order valence-electron chi connectivity index (χ3n) is 2.33. The second kappa shape index (κ2) is 3.43. The predicted octanol–water partition coefficient (Wildman–Crippen LogP) is 1.90. The molecule has 0 aromatic carbocycles. The molecule has 2 N–H and O–H groups in total. The molecule has 0 aliphatic carbocycles. The number of fused-ring (bicyclic) bond motifs is 1. The highest BCUT2D eigenvalue weighted by Crippen LogP contribution is 2.37. The van der Waals surface area contributed by atoms with Gasteiger partial charge in [0.2, 0.25) is 0 Å². The Morgan fingerprint density at radius 1 is 1.38 bits per heavy atom. The van der Waals surface area contributed by atoms with Crippen molar-refractivity contribution in [1.29, 1.82) is 0 Å². The normalized spacial score (nSPS) is 12.2. The molecular weight excluding hydrogens is 244 g/mol. The van der Waals surface area contributed by atoms with Crippen molar-refractivity contribution < 1.29 is 8.42 Å². The van der Waals surface area contributed by atoms with Crippen LogP contribution in [0.2, 0.25) is 0 Å². The Morgan fingerprint density at radius 2 is 2.00 bits per heavy atom. The van der Waals surface area contributed by atoms with Crippen LogP contribution in [0.25, 0.3) is 10.2 Å². The molecule has 2 aromatic rings. The number of anilines is 1. The lowest BCUT2D eigenvalue weighted by atomic mass is 10.2. The van der Waals surface area contributed by atoms with Crippen molar-refractivity contribution in [2.45, 2.75) is 18.1 Å². The highest BCUT2D eigenvalue weighted by atomic mass is 32.2. The molecular formula is C10H12N2O2S2. The molecule has 0 saturated heterocycles. The van der Waals surface area contributed by atoms with Crippen LogP contribution >= 0.6 is 11.3 Å². The lowest BCUT2D eigenvalue weighted by molar-refractivity contribution is 0.604. The number of sulfone groups is 1. The molecule has 0 amide bonds. The van der Waals surface area contributed by atoms with Crippen LogP contribution in [0.5, 0.6) is 0 Å². The third kappa shape index (κ3) is 1.68. The molecule has 2 rings (SSSR count). The summed E-state index contributed by atoms with van der Waals surface area (Å²) in [6, 6.07) is 1.90. The number of hydrogen-bond acceptors (Lipinski definition) is 5. The van der Waals surface area contributed by atoms with Gasteiger partial charge in [-0.3, -0.25) is 0 Å². The molecule has 0 aliphatic rings. The topological polar surface area (TPSA) is 73.1 Å². The van der Waals surface area contributed by atoms with Crippen LogP contribution in [0, 0.1) is 13.8 Å². The summed E-state index contributed by atoms with van der Waals surface area (Å²) in [5.74, 6) is 0. The average Bonchev–Trinajstić information content (AvgIpc) is 2.41. The van der Waals surface area contributed by atoms with Gasteiger partial charge < -0.3 is 5.73 Å². The molecule has 86 valence electrons. The number of nitrogen functional groups attached to an aromatic ring is 1. The number of thiophene rings is 1. The first-order valence-corrected chi connectivity index (χ1v) is 7.38. The Balaban J connectivity index is 2.94. The molecule has 6 heteroatoms. The zero-order chi connectivity index (χ0) is 12.1. The zero-order valence-electron chi connectivity index (χ0n) is 9.23. The number of rotatable bonds is 1. The van der Waals surface area contributed by atoms with E-state index in [9.17, 15) is 8.42 Å². The molecule has 0 radical (unpaired) electrons. The summed E-state index contributed by atoms with van der Waals surface area (Å²) in [5.41, 5.74) is 8.02. The third-order valence-corrected chi connectivity index (χ3v) is 5.27. The van der Waals surface area contributed by atoms with Crippen LogP contribution in [-0.2, 0) is 9.84 Å². The van der Waals surface area contributed by atoms with Crippen LogP contribution in [0.3, 0.4) is 0 Å². The Hall–Kier alpha value is -1.14. The molecule has 2 aromatic heterocycles. The summed E-state index contributed by atoms with van der Waals surface area (Å²) in [5, 5.41) is 0.760. The van der Waals surface area contributed by atoms with E-state index in [4.69, 9.17) is 5.73 Å². The van der Waals surface area contributed by atoms with Crippen molar-refractivity contribution in [2.75, 3.05) is 12.0 Å². The van der Waals surface area contributed by atoms with Crippen molar-refractivity contribution in [2.24, 2.45) is 0 Å². The Labute approximate surface area is 98.0 Å². The summed E-state index contributed by atoms with van der Waals surface area (Å²) in [6.07, 6.45) is 1.16. The minimum Gasteiger partial charge on any atom is -0.396 e. The van der Waals surface area contributed by atoms with E-state index in [1.165, 1.54) is 0 Å². The largest absolute Gasteiger partial charge is 0.396 e. The maximum atomic E-state index is 11.5. The number of nitrogens with two attached hydrogens (primary N) is 1. The zero-order valence-corrected chi connectivity index (χ0v) is 10.9. The maximum Gasteiger partial charge on any atom is 0.187 e. The van der Waals surface area contributed by atoms with Crippen molar-refractivity contribution >= 4 is 37.1 Å². The predicted molar refractivity (Wildman–Crippen MR) is 66.6 cm³/mol. The molecule has 0 atom stereocenters. The highest BCUT2D eigenvalue weighted by Gasteiger charge is 2.20. The SMILES string of the molecule is Cc1cc(C)c2c(N)c(S(C)(=O)=O)sc2n1. The van der Waals surface area contributed by atoms with E-state index >= 15 is 0 Å². The van der Waals surface area contributed by atoms with E-state index in [-0.39, 0.29) is 4.21 Å². The minimum atomic E-state index is -3.27. The first-order chi connectivity index (χ1) is 7.30. The van der Waals surface area contributed by atoms with Gasteiger partial charge in [0.1, 0.15) is 9.04 Å². The van der Waals surface area contributed by atoms with Gasteiger partial charge >= 0.3 is 0 Å². The smallest absolute Gasteiger partial charge is 0.187 e. The fraction of sp³-hybridized carbons (Fsp3) is 0.300. The molecule has 0 aliphatic heterocycles. The fourth-order valence-corrected chi connectivity index (χ4v) is 4.02. The van der Waals surface area contributed by atoms with Crippen LogP contribution in [0.4, 0.5) is 5.69 Å². The molecule has 16 heavy (non-hydrogen) atoms. The van der Waals surface area contributed by atoms with E-state index in [1.807, 2.05) is 19.9 Å². The number of hydrogen-bond donors (Lipinski definition) is 1. The van der Waals surface area contributed by atoms with Crippen molar-refractivity contribution in [1.82, 2.24) is 4.98 Å². The summed E-state index contributed by atoms with van der Waals surface area (Å²) < 4.78 is 23.3. The molecule has 2 heterocycles. The van der Waals surface area contributed by atoms with Gasteiger partial charge in [0.05, 0.1) is 5.69 Å². The van der Waals surface area contributed by atoms with Gasteiger partial charge in [-0.25, -0.2) is 13.4 Å². The summed E-state index contributed by atoms with van der Waals surface area (Å²) >= 11 is 1.14. The van der Waals surface area contributed by atoms with E-state index in [2.05, 4.69) is 4.98 Å². The summed E-state index contributed by atoms with van der Waals surface area (Å²) in [6.45, 7) is 3.79. The summed E-state index contributed by atoms with van der Waals surface area (Å²) in [4.78, 5) is 5.00. The number of aromatic nitrogens is 1. The Bertz CT molecular complexity index is 672. The van der Waals surface area contributed by atoms with Gasteiger partial charge in [-0.1, -0.05) is 0 Å². The molecule has 0 fully saturated rings. The first kappa shape index (κ1) is 11.3. The molecule has 0 bridgehead atoms. The second-order valence-corrected chi connectivity index (χ2v) is 7.05. The van der Waals surface area contributed by atoms with Crippen molar-refractivity contribution in [3.05, 3.63) is 17.3 Å². The van der Waals surface area contributed by atoms with E-state index in [0.717, 1.165) is 34.2 Å². The Kier molecular flexibility index (Phi) is 2.43. The monoisotopic (exact) mass is 256 g/mol. The van der Waals surface area contributed by atoms with Gasteiger partial charge in [-0.2, -0.15) is 0 Å². The molecule has 0 saturated carbocycles. The average molecular weight is 256 g/mol. The van der Waals surface area contributed by atoms with Crippen LogP contribution in [-0.4, -0.2) is 19.7 Å². The Morgan fingerprint density at radius 3 is 2.56 bits per heavy atom. The first-order valence-electron chi connectivity index (χ1n) is 4.67. The van der Waals surface area contributed by atoms with E-state index in [1.54, 1.807) is 0 Å². The van der Waals surface area contributed by atoms with Crippen LogP contribution in [0.15, 0.2) is 10.3 Å². The van der Waals surface area contributed by atoms with Crippen molar-refractivity contribution in [3.63, 3.8) is 0 Å². The van der Waals surface area contributed by atoms with Crippen LogP contribution in [0.1, 0.15) is 11.3 Å². The van der Waals surface area contributed by atoms with Crippen molar-refractivity contribution in [3.8, 4) is 0 Å². The standard InChI is InChI=1S/C10H12N2O2S2/c1-5-4-6(2)12-9-7(5)8(11)10(15-9)16(3,13)14/h4H,11H2,1-3H3. The van der Waals surface area contributed by atoms with Gasteiger partial charge in [-0.05, 0) is 25.5 Å². The van der Waals surface area contributed by atoms with Gasteiger partial charge in [0.15, 0.2) is 9.84 Å². The maximum absolute atomic E-state index is 11.5. The number of aryl methyl sites for hydroxylation is 2. The van der Waals surface area contributed by atoms with E-state index in [0.29, 0.717) is 10.5 Å². The van der Waals surface area contributed by atoms with E-state index < -0.39 is 9.84 Å². The lowest BCUT2D eigenvalue weighted by Crippen LogP contribution is -1.98. The van der Waals surface area contributed by atoms with Crippen LogP contribution < -0.4 is 5.73 Å².